The molecule has 2 rings (SSSR count). The lowest BCUT2D eigenvalue weighted by Gasteiger charge is -2.30. The van der Waals surface area contributed by atoms with Crippen LogP contribution in [-0.4, -0.2) is 43.3 Å². The minimum absolute atomic E-state index is 0.529. The third kappa shape index (κ3) is 4.37. The number of piperidine rings is 1. The summed E-state index contributed by atoms with van der Waals surface area (Å²) in [6, 6.07) is 10.3. The molecule has 1 aliphatic heterocycles. The molecule has 1 aliphatic rings. The minimum atomic E-state index is -0.790. The summed E-state index contributed by atoms with van der Waals surface area (Å²) < 4.78 is 0. The molecule has 1 heterocycles. The summed E-state index contributed by atoms with van der Waals surface area (Å²) in [5, 5.41) is 11.6. The topological polar surface area (TPSA) is 52.6 Å². The molecule has 0 bridgehead atoms. The molecular weight excluding hydrogens is 228 g/mol. The van der Waals surface area contributed by atoms with Gasteiger partial charge in [-0.25, -0.2) is 4.79 Å². The van der Waals surface area contributed by atoms with E-state index in [4.69, 9.17) is 5.11 Å². The van der Waals surface area contributed by atoms with Crippen molar-refractivity contribution in [2.24, 2.45) is 0 Å². The van der Waals surface area contributed by atoms with E-state index in [9.17, 15) is 4.79 Å². The van der Waals surface area contributed by atoms with Gasteiger partial charge >= 0.3 is 6.09 Å². The maximum Gasteiger partial charge on any atom is 0.407 e. The number of amides is 1. The normalized spacial score (nSPS) is 15.8. The summed E-state index contributed by atoms with van der Waals surface area (Å²) in [5.74, 6) is 0.529. The minimum Gasteiger partial charge on any atom is -0.465 e. The van der Waals surface area contributed by atoms with E-state index in [0.29, 0.717) is 19.0 Å². The van der Waals surface area contributed by atoms with Crippen LogP contribution in [0.15, 0.2) is 30.3 Å². The zero-order valence-corrected chi connectivity index (χ0v) is 11.1. The molecule has 0 unspecified atom stereocenters. The van der Waals surface area contributed by atoms with Crippen molar-refractivity contribution in [2.45, 2.75) is 18.8 Å². The van der Waals surface area contributed by atoms with Gasteiger partial charge in [0.25, 0.3) is 0 Å². The fourth-order valence-corrected chi connectivity index (χ4v) is 2.13. The summed E-state index contributed by atoms with van der Waals surface area (Å²) in [6.07, 6.45) is 1.09. The summed E-state index contributed by atoms with van der Waals surface area (Å²) in [5.41, 5.74) is 1.34. The highest BCUT2D eigenvalue weighted by atomic mass is 16.4. The Morgan fingerprint density at radius 2 is 1.72 bits per heavy atom. The van der Waals surface area contributed by atoms with Crippen molar-refractivity contribution < 1.29 is 9.90 Å². The van der Waals surface area contributed by atoms with Gasteiger partial charge in [0.2, 0.25) is 0 Å². The van der Waals surface area contributed by atoms with Crippen LogP contribution in [0.2, 0.25) is 0 Å². The van der Waals surface area contributed by atoms with Gasteiger partial charge in [0.1, 0.15) is 0 Å². The Bertz CT molecular complexity index is 346. The van der Waals surface area contributed by atoms with Crippen molar-refractivity contribution in [1.82, 2.24) is 10.2 Å². The average molecular weight is 250 g/mol. The van der Waals surface area contributed by atoms with Crippen molar-refractivity contribution in [1.29, 1.82) is 0 Å². The summed E-state index contributed by atoms with van der Waals surface area (Å²) in [6.45, 7) is 1.32. The lowest BCUT2D eigenvalue weighted by Crippen LogP contribution is -2.36. The molecule has 1 aromatic rings. The molecule has 0 atom stereocenters. The molecule has 0 aromatic heterocycles. The lowest BCUT2D eigenvalue weighted by molar-refractivity contribution is 0.132. The highest BCUT2D eigenvalue weighted by Crippen LogP contribution is 2.27. The molecule has 0 saturated carbocycles. The number of nitrogens with one attached hydrogen (secondary N) is 1. The summed E-state index contributed by atoms with van der Waals surface area (Å²) >= 11 is 0. The molecule has 0 radical (unpaired) electrons. The van der Waals surface area contributed by atoms with E-state index in [2.05, 4.69) is 17.4 Å². The number of carbonyl (C=O) groups is 1. The molecule has 0 aliphatic carbocycles. The van der Waals surface area contributed by atoms with E-state index in [1.165, 1.54) is 10.5 Å². The van der Waals surface area contributed by atoms with Gasteiger partial charge in [0.05, 0.1) is 0 Å². The van der Waals surface area contributed by atoms with Crippen LogP contribution in [-0.2, 0) is 0 Å². The van der Waals surface area contributed by atoms with E-state index in [-0.39, 0.29) is 0 Å². The number of nitrogens with zero attached hydrogens (tertiary/aromatic N) is 1. The van der Waals surface area contributed by atoms with Gasteiger partial charge in [-0.2, -0.15) is 0 Å². The van der Waals surface area contributed by atoms with E-state index in [1.807, 2.05) is 32.3 Å². The number of carboxylic acid groups (broad SMARTS) is 1. The number of benzene rings is 1. The molecule has 4 heteroatoms. The summed E-state index contributed by atoms with van der Waals surface area (Å²) in [7, 11) is 3.75. The predicted octanol–water partition coefficient (Wildman–Crippen LogP) is 2.38. The van der Waals surface area contributed by atoms with Gasteiger partial charge in [-0.15, -0.1) is 0 Å². The first-order chi connectivity index (χ1) is 8.69. The molecule has 18 heavy (non-hydrogen) atoms. The van der Waals surface area contributed by atoms with Crippen LogP contribution in [0.25, 0.3) is 0 Å². The zero-order chi connectivity index (χ0) is 13.4. The number of hydrogen-bond acceptors (Lipinski definition) is 2. The Balaban J connectivity index is 0.000000492. The van der Waals surface area contributed by atoms with E-state index < -0.39 is 6.09 Å². The molecule has 1 fully saturated rings. The van der Waals surface area contributed by atoms with Gasteiger partial charge in [0, 0.05) is 13.1 Å². The third-order valence-electron chi connectivity index (χ3n) is 3.04. The fraction of sp³-hybridized carbons (Fsp3) is 0.500. The average Bonchev–Trinajstić information content (AvgIpc) is 2.41. The van der Waals surface area contributed by atoms with E-state index in [0.717, 1.165) is 12.8 Å². The Morgan fingerprint density at radius 1 is 1.22 bits per heavy atom. The Labute approximate surface area is 109 Å². The highest BCUT2D eigenvalue weighted by Gasteiger charge is 2.22. The summed E-state index contributed by atoms with van der Waals surface area (Å²) in [4.78, 5) is 12.2. The SMILES string of the molecule is CNC.O=C(O)N1CCC(c2ccccc2)CC1. The second-order valence-electron chi connectivity index (χ2n) is 4.45. The maximum atomic E-state index is 10.7. The van der Waals surface area contributed by atoms with Crippen LogP contribution in [0.4, 0.5) is 4.79 Å². The Hall–Kier alpha value is -1.55. The van der Waals surface area contributed by atoms with Crippen molar-refractivity contribution >= 4 is 6.09 Å². The number of hydrogen-bond donors (Lipinski definition) is 2. The first-order valence-electron chi connectivity index (χ1n) is 6.30. The van der Waals surface area contributed by atoms with Crippen molar-refractivity contribution in [3.63, 3.8) is 0 Å². The Morgan fingerprint density at radius 3 is 2.17 bits per heavy atom. The number of likely N-dealkylation sites (tertiary alicyclic amines) is 1. The van der Waals surface area contributed by atoms with Crippen LogP contribution in [0.5, 0.6) is 0 Å². The van der Waals surface area contributed by atoms with Crippen molar-refractivity contribution in [2.75, 3.05) is 27.2 Å². The second-order valence-corrected chi connectivity index (χ2v) is 4.45. The first kappa shape index (κ1) is 14.5. The molecule has 1 aromatic carbocycles. The molecule has 0 spiro atoms. The zero-order valence-electron chi connectivity index (χ0n) is 11.1. The van der Waals surface area contributed by atoms with Crippen LogP contribution in [0.3, 0.4) is 0 Å². The smallest absolute Gasteiger partial charge is 0.407 e. The van der Waals surface area contributed by atoms with Gasteiger partial charge in [0.15, 0.2) is 0 Å². The second kappa shape index (κ2) is 7.71. The standard InChI is InChI=1S/C12H15NO2.C2H7N/c14-12(15)13-8-6-11(7-9-13)10-4-2-1-3-5-10;1-3-2/h1-5,11H,6-9H2,(H,14,15);3H,1-2H3. The van der Waals surface area contributed by atoms with Crippen LogP contribution in [0.1, 0.15) is 24.3 Å². The van der Waals surface area contributed by atoms with Crippen LogP contribution >= 0.6 is 0 Å². The molecule has 4 nitrogen and oxygen atoms in total. The van der Waals surface area contributed by atoms with Gasteiger partial charge in [-0.05, 0) is 38.4 Å². The van der Waals surface area contributed by atoms with Crippen molar-refractivity contribution in [3.05, 3.63) is 35.9 Å². The monoisotopic (exact) mass is 250 g/mol. The van der Waals surface area contributed by atoms with Gasteiger partial charge in [-0.1, -0.05) is 30.3 Å². The number of rotatable bonds is 1. The van der Waals surface area contributed by atoms with Crippen LogP contribution < -0.4 is 5.32 Å². The molecule has 1 saturated heterocycles. The van der Waals surface area contributed by atoms with Crippen molar-refractivity contribution in [3.8, 4) is 0 Å². The highest BCUT2D eigenvalue weighted by molar-refractivity contribution is 5.65. The third-order valence-corrected chi connectivity index (χ3v) is 3.04. The lowest BCUT2D eigenvalue weighted by atomic mass is 9.90. The van der Waals surface area contributed by atoms with E-state index in [1.54, 1.807) is 0 Å². The Kier molecular flexibility index (Phi) is 6.22. The first-order valence-corrected chi connectivity index (χ1v) is 6.30. The van der Waals surface area contributed by atoms with Gasteiger partial charge < -0.3 is 15.3 Å². The fourth-order valence-electron chi connectivity index (χ4n) is 2.13. The molecule has 1 amide bonds. The quantitative estimate of drug-likeness (QED) is 0.804. The molecule has 100 valence electrons. The predicted molar refractivity (Wildman–Crippen MR) is 73.0 cm³/mol. The van der Waals surface area contributed by atoms with Crippen LogP contribution in [0, 0.1) is 0 Å². The maximum absolute atomic E-state index is 10.7. The molecular formula is C14H22N2O2. The van der Waals surface area contributed by atoms with E-state index >= 15 is 0 Å². The largest absolute Gasteiger partial charge is 0.465 e. The van der Waals surface area contributed by atoms with Gasteiger partial charge in [-0.3, -0.25) is 0 Å². The molecule has 2 N–H and O–H groups in total.